The highest BCUT2D eigenvalue weighted by atomic mass is 79.9. The van der Waals surface area contributed by atoms with E-state index in [1.165, 1.54) is 0 Å². The maximum atomic E-state index is 11.8. The molecule has 3 N–H and O–H groups in total. The molecule has 1 rings (SSSR count). The second-order valence-corrected chi connectivity index (χ2v) is 5.67. The van der Waals surface area contributed by atoms with E-state index >= 15 is 0 Å². The molecule has 19 heavy (non-hydrogen) atoms. The first-order valence-electron chi connectivity index (χ1n) is 5.82. The molecule has 6 heteroatoms. The minimum absolute atomic E-state index is 0.0478. The van der Waals surface area contributed by atoms with E-state index in [0.717, 1.165) is 10.0 Å². The molecular formula is C13H17BrN2O2S. The van der Waals surface area contributed by atoms with Crippen LogP contribution in [0, 0.1) is 5.92 Å². The Hall–Kier alpha value is -0.980. The average molecular weight is 345 g/mol. The number of hydrogen-bond acceptors (Lipinski definition) is 3. The first kappa shape index (κ1) is 16.1. The molecule has 0 aliphatic carbocycles. The lowest BCUT2D eigenvalue weighted by Crippen LogP contribution is -2.18. The Bertz CT molecular complexity index is 480. The Morgan fingerprint density at radius 3 is 2.79 bits per heavy atom. The minimum atomic E-state index is -0.0478. The lowest BCUT2D eigenvalue weighted by Gasteiger charge is -2.12. The summed E-state index contributed by atoms with van der Waals surface area (Å²) in [6.07, 6.45) is 0.414. The first-order chi connectivity index (χ1) is 8.93. The third-order valence-corrected chi connectivity index (χ3v) is 3.40. The number of thiocarbonyl (C=S) groups is 1. The third kappa shape index (κ3) is 5.26. The van der Waals surface area contributed by atoms with Crippen molar-refractivity contribution in [3.63, 3.8) is 0 Å². The van der Waals surface area contributed by atoms with Gasteiger partial charge >= 0.3 is 0 Å². The first-order valence-corrected chi connectivity index (χ1v) is 7.02. The molecule has 1 amide bonds. The van der Waals surface area contributed by atoms with Crippen LogP contribution in [-0.4, -0.2) is 24.6 Å². The van der Waals surface area contributed by atoms with Crippen molar-refractivity contribution in [2.45, 2.75) is 13.3 Å². The van der Waals surface area contributed by atoms with E-state index < -0.39 is 0 Å². The van der Waals surface area contributed by atoms with Gasteiger partial charge in [0.2, 0.25) is 5.91 Å². The third-order valence-electron chi connectivity index (χ3n) is 2.51. The monoisotopic (exact) mass is 344 g/mol. The van der Waals surface area contributed by atoms with E-state index in [1.807, 2.05) is 6.92 Å². The topological polar surface area (TPSA) is 64.3 Å². The number of methoxy groups -OCH3 is 1. The van der Waals surface area contributed by atoms with Gasteiger partial charge < -0.3 is 15.8 Å². The van der Waals surface area contributed by atoms with E-state index in [0.29, 0.717) is 23.7 Å². The Balaban J connectivity index is 2.67. The predicted octanol–water partition coefficient (Wildman–Crippen LogP) is 2.69. The molecule has 4 nitrogen and oxygen atoms in total. The number of carbonyl (C=O) groups excluding carboxylic acids is 1. The second kappa shape index (κ2) is 7.57. The number of amides is 1. The summed E-state index contributed by atoms with van der Waals surface area (Å²) in [6.45, 7) is 2.53. The van der Waals surface area contributed by atoms with Gasteiger partial charge in [-0.3, -0.25) is 4.79 Å². The van der Waals surface area contributed by atoms with Gasteiger partial charge in [-0.2, -0.15) is 0 Å². The summed E-state index contributed by atoms with van der Waals surface area (Å²) < 4.78 is 5.76. The van der Waals surface area contributed by atoms with Crippen molar-refractivity contribution in [1.29, 1.82) is 0 Å². The Labute approximate surface area is 126 Å². The summed E-state index contributed by atoms with van der Waals surface area (Å²) in [6, 6.07) is 5.34. The zero-order valence-electron chi connectivity index (χ0n) is 10.9. The predicted molar refractivity (Wildman–Crippen MR) is 84.3 cm³/mol. The van der Waals surface area contributed by atoms with Crippen LogP contribution in [0.1, 0.15) is 18.9 Å². The average Bonchev–Trinajstić information content (AvgIpc) is 2.31. The van der Waals surface area contributed by atoms with Gasteiger partial charge in [-0.15, -0.1) is 0 Å². The van der Waals surface area contributed by atoms with Crippen LogP contribution in [0.25, 0.3) is 0 Å². The highest BCUT2D eigenvalue weighted by Gasteiger charge is 2.11. The Morgan fingerprint density at radius 1 is 1.58 bits per heavy atom. The molecule has 1 aromatic carbocycles. The van der Waals surface area contributed by atoms with Crippen molar-refractivity contribution in [3.05, 3.63) is 28.2 Å². The van der Waals surface area contributed by atoms with Crippen LogP contribution in [-0.2, 0) is 9.53 Å². The maximum Gasteiger partial charge on any atom is 0.224 e. The normalized spacial score (nSPS) is 11.9. The molecule has 0 fully saturated rings. The van der Waals surface area contributed by atoms with Crippen LogP contribution in [0.5, 0.6) is 0 Å². The number of rotatable bonds is 6. The van der Waals surface area contributed by atoms with Crippen molar-refractivity contribution < 1.29 is 9.53 Å². The highest BCUT2D eigenvalue weighted by Crippen LogP contribution is 2.24. The molecule has 0 heterocycles. The number of hydrogen-bond donors (Lipinski definition) is 2. The fourth-order valence-corrected chi connectivity index (χ4v) is 2.24. The lowest BCUT2D eigenvalue weighted by molar-refractivity contribution is -0.117. The summed E-state index contributed by atoms with van der Waals surface area (Å²) in [4.78, 5) is 12.2. The molecule has 0 spiro atoms. The summed E-state index contributed by atoms with van der Waals surface area (Å²) in [5.41, 5.74) is 7.00. The van der Waals surface area contributed by atoms with Crippen LogP contribution in [0.15, 0.2) is 22.7 Å². The van der Waals surface area contributed by atoms with Crippen LogP contribution in [0.3, 0.4) is 0 Å². The number of anilines is 1. The van der Waals surface area contributed by atoms with E-state index in [4.69, 9.17) is 22.7 Å². The van der Waals surface area contributed by atoms with Gasteiger partial charge in [-0.1, -0.05) is 19.1 Å². The number of carbonyl (C=O) groups is 1. The van der Waals surface area contributed by atoms with Crippen molar-refractivity contribution in [3.8, 4) is 0 Å². The summed E-state index contributed by atoms with van der Waals surface area (Å²) in [7, 11) is 1.62. The molecule has 1 atom stereocenters. The molecule has 1 aromatic rings. The number of benzene rings is 1. The molecular weight excluding hydrogens is 328 g/mol. The number of nitrogens with one attached hydrogen (secondary N) is 1. The summed E-state index contributed by atoms with van der Waals surface area (Å²) in [5.74, 6) is 0.132. The number of ether oxygens (including phenoxy) is 1. The fraction of sp³-hybridized carbons (Fsp3) is 0.385. The van der Waals surface area contributed by atoms with Crippen LogP contribution in [0.4, 0.5) is 5.69 Å². The molecule has 0 aliphatic rings. The largest absolute Gasteiger partial charge is 0.389 e. The van der Waals surface area contributed by atoms with Crippen molar-refractivity contribution in [1.82, 2.24) is 0 Å². The lowest BCUT2D eigenvalue weighted by atomic mass is 10.1. The quantitative estimate of drug-likeness (QED) is 0.778. The minimum Gasteiger partial charge on any atom is -0.389 e. The van der Waals surface area contributed by atoms with E-state index in [1.54, 1.807) is 25.3 Å². The van der Waals surface area contributed by atoms with Crippen molar-refractivity contribution in [2.24, 2.45) is 11.7 Å². The fourth-order valence-electron chi connectivity index (χ4n) is 1.63. The molecule has 1 unspecified atom stereocenters. The number of nitrogens with two attached hydrogens (primary N) is 1. The zero-order valence-corrected chi connectivity index (χ0v) is 13.3. The molecule has 104 valence electrons. The summed E-state index contributed by atoms with van der Waals surface area (Å²) >= 11 is 8.28. The summed E-state index contributed by atoms with van der Waals surface area (Å²) in [5, 5.41) is 2.84. The number of halogens is 1. The van der Waals surface area contributed by atoms with E-state index in [2.05, 4.69) is 21.2 Å². The van der Waals surface area contributed by atoms with Gasteiger partial charge in [0, 0.05) is 30.2 Å². The highest BCUT2D eigenvalue weighted by molar-refractivity contribution is 9.10. The SMILES string of the molecule is COCC(C)CC(=O)Nc1ccc(C(N)=S)cc1Br. The maximum absolute atomic E-state index is 11.8. The molecule has 0 saturated heterocycles. The Kier molecular flexibility index (Phi) is 6.41. The standard InChI is InChI=1S/C13H17BrN2O2S/c1-8(7-18-2)5-12(17)16-11-4-3-9(13(15)19)6-10(11)14/h3-4,6,8H,5,7H2,1-2H3,(H2,15,19)(H,16,17). The van der Waals surface area contributed by atoms with Crippen LogP contribution in [0.2, 0.25) is 0 Å². The van der Waals surface area contributed by atoms with Gasteiger partial charge in [0.25, 0.3) is 0 Å². The Morgan fingerprint density at radius 2 is 2.26 bits per heavy atom. The van der Waals surface area contributed by atoms with Gasteiger partial charge in [0.1, 0.15) is 4.99 Å². The van der Waals surface area contributed by atoms with Gasteiger partial charge in [-0.05, 0) is 40.0 Å². The van der Waals surface area contributed by atoms with Gasteiger partial charge in [0.05, 0.1) is 5.69 Å². The second-order valence-electron chi connectivity index (χ2n) is 4.37. The van der Waals surface area contributed by atoms with Crippen LogP contribution >= 0.6 is 28.1 Å². The van der Waals surface area contributed by atoms with Crippen molar-refractivity contribution >= 4 is 44.7 Å². The molecule has 0 radical (unpaired) electrons. The van der Waals surface area contributed by atoms with E-state index in [-0.39, 0.29) is 11.8 Å². The van der Waals surface area contributed by atoms with Gasteiger partial charge in [0.15, 0.2) is 0 Å². The van der Waals surface area contributed by atoms with Crippen molar-refractivity contribution in [2.75, 3.05) is 19.0 Å². The molecule has 0 bridgehead atoms. The molecule has 0 aliphatic heterocycles. The molecule has 0 saturated carbocycles. The van der Waals surface area contributed by atoms with E-state index in [9.17, 15) is 4.79 Å². The zero-order chi connectivity index (χ0) is 14.4. The van der Waals surface area contributed by atoms with Crippen LogP contribution < -0.4 is 11.1 Å². The van der Waals surface area contributed by atoms with Gasteiger partial charge in [-0.25, -0.2) is 0 Å². The molecule has 0 aromatic heterocycles. The smallest absolute Gasteiger partial charge is 0.224 e.